The fourth-order valence-electron chi connectivity index (χ4n) is 3.08. The molecule has 10 heteroatoms. The van der Waals surface area contributed by atoms with Crippen molar-refractivity contribution in [3.63, 3.8) is 0 Å². The number of nitrogens with zero attached hydrogens (tertiary/aromatic N) is 2. The quantitative estimate of drug-likeness (QED) is 0.221. The number of esters is 1. The van der Waals surface area contributed by atoms with Crippen LogP contribution in [0.15, 0.2) is 46.6 Å². The number of methoxy groups -OCH3 is 2. The van der Waals surface area contributed by atoms with Crippen LogP contribution in [0.1, 0.15) is 5.56 Å². The second-order valence-corrected chi connectivity index (χ2v) is 8.27. The van der Waals surface area contributed by atoms with E-state index >= 15 is 0 Å². The molecule has 1 fully saturated rings. The zero-order valence-corrected chi connectivity index (χ0v) is 20.8. The van der Waals surface area contributed by atoms with E-state index < -0.39 is 11.9 Å². The highest BCUT2D eigenvalue weighted by atomic mass is 79.9. The normalized spacial score (nSPS) is 14.5. The van der Waals surface area contributed by atoms with Crippen molar-refractivity contribution in [2.45, 2.75) is 0 Å². The van der Waals surface area contributed by atoms with Gasteiger partial charge in [0.1, 0.15) is 18.8 Å². The molecule has 0 aliphatic carbocycles. The molecule has 1 aliphatic heterocycles. The Kier molecular flexibility index (Phi) is 7.97. The number of hydrogen-bond acceptors (Lipinski definition) is 6. The number of carbonyl (C=O) groups is 2. The van der Waals surface area contributed by atoms with Crippen molar-refractivity contribution in [3.05, 3.63) is 57.2 Å². The maximum atomic E-state index is 13.4. The number of amides is 1. The lowest BCUT2D eigenvalue weighted by atomic mass is 10.1. The lowest BCUT2D eigenvalue weighted by Gasteiger charge is -2.19. The predicted octanol–water partition coefficient (Wildman–Crippen LogP) is 4.27. The van der Waals surface area contributed by atoms with Gasteiger partial charge in [0.25, 0.3) is 5.91 Å². The summed E-state index contributed by atoms with van der Waals surface area (Å²) < 4.78 is 16.3. The van der Waals surface area contributed by atoms with Gasteiger partial charge < -0.3 is 19.1 Å². The molecule has 0 atom stereocenters. The van der Waals surface area contributed by atoms with Crippen molar-refractivity contribution in [2.75, 3.05) is 32.3 Å². The van der Waals surface area contributed by atoms with Crippen molar-refractivity contribution in [2.24, 2.45) is 0 Å². The van der Waals surface area contributed by atoms with E-state index in [-0.39, 0.29) is 24.0 Å². The zero-order valence-electron chi connectivity index (χ0n) is 17.6. The topological polar surface area (TPSA) is 68.3 Å². The number of carbonyl (C=O) groups excluding carboxylic acids is 2. The molecule has 1 saturated heterocycles. The number of thiocarbonyl (C=S) groups is 1. The Bertz CT molecular complexity index is 1180. The van der Waals surface area contributed by atoms with Crippen molar-refractivity contribution in [1.82, 2.24) is 4.90 Å². The smallest absolute Gasteiger partial charge is 0.325 e. The summed E-state index contributed by atoms with van der Waals surface area (Å²) in [5, 5.41) is 0.654. The number of ether oxygens (including phenoxy) is 3. The van der Waals surface area contributed by atoms with Gasteiger partial charge in [-0.2, -0.15) is 0 Å². The molecule has 2 aromatic rings. The van der Waals surface area contributed by atoms with Crippen molar-refractivity contribution in [3.8, 4) is 23.8 Å². The second kappa shape index (κ2) is 10.7. The third-order valence-corrected chi connectivity index (χ3v) is 5.83. The average molecular weight is 550 g/mol. The van der Waals surface area contributed by atoms with Crippen LogP contribution in [0.25, 0.3) is 6.08 Å². The molecule has 3 rings (SSSR count). The molecule has 33 heavy (non-hydrogen) atoms. The first-order valence-corrected chi connectivity index (χ1v) is 11.0. The van der Waals surface area contributed by atoms with Gasteiger partial charge in [0, 0.05) is 5.02 Å². The van der Waals surface area contributed by atoms with Gasteiger partial charge in [-0.1, -0.05) is 17.5 Å². The summed E-state index contributed by atoms with van der Waals surface area (Å²) in [5.74, 6) is 2.28. The molecule has 0 spiro atoms. The fraction of sp³-hybridized carbons (Fsp3) is 0.174. The first-order chi connectivity index (χ1) is 15.8. The molecule has 1 heterocycles. The summed E-state index contributed by atoms with van der Waals surface area (Å²) in [7, 11) is 2.75. The van der Waals surface area contributed by atoms with E-state index in [1.807, 2.05) is 0 Å². The number of benzene rings is 2. The lowest BCUT2D eigenvalue weighted by Crippen LogP contribution is -2.35. The van der Waals surface area contributed by atoms with Gasteiger partial charge in [-0.05, 0) is 76.2 Å². The van der Waals surface area contributed by atoms with E-state index in [1.54, 1.807) is 42.5 Å². The summed E-state index contributed by atoms with van der Waals surface area (Å²) in [6, 6.07) is 10.1. The Hall–Kier alpha value is -3.06. The summed E-state index contributed by atoms with van der Waals surface area (Å²) in [6.45, 7) is -0.177. The van der Waals surface area contributed by atoms with Crippen molar-refractivity contribution >= 4 is 68.5 Å². The Labute approximate surface area is 210 Å². The number of halogens is 2. The third kappa shape index (κ3) is 5.30. The summed E-state index contributed by atoms with van der Waals surface area (Å²) in [5.41, 5.74) is 1.31. The highest BCUT2D eigenvalue weighted by molar-refractivity contribution is 9.10. The second-order valence-electron chi connectivity index (χ2n) is 6.62. The molecule has 0 bridgehead atoms. The zero-order chi connectivity index (χ0) is 24.1. The SMILES string of the molecule is C#CCOc1c(Br)cc(/C=C2/C(=O)N(c3ccc(Cl)cc3)C(=S)N2CC(=O)OC)cc1OC. The maximum Gasteiger partial charge on any atom is 0.325 e. The molecule has 0 unspecified atom stereocenters. The Morgan fingerprint density at radius 1 is 1.27 bits per heavy atom. The van der Waals surface area contributed by atoms with E-state index in [4.69, 9.17) is 44.5 Å². The first kappa shape index (κ1) is 24.6. The van der Waals surface area contributed by atoms with Crippen LogP contribution in [0.5, 0.6) is 11.5 Å². The molecular weight excluding hydrogens is 532 g/mol. The van der Waals surface area contributed by atoms with Gasteiger partial charge in [0.2, 0.25) is 0 Å². The van der Waals surface area contributed by atoms with Gasteiger partial charge in [-0.25, -0.2) is 0 Å². The van der Waals surface area contributed by atoms with Gasteiger partial charge >= 0.3 is 5.97 Å². The van der Waals surface area contributed by atoms with E-state index in [2.05, 4.69) is 21.9 Å². The van der Waals surface area contributed by atoms with Gasteiger partial charge in [0.05, 0.1) is 24.4 Å². The van der Waals surface area contributed by atoms with Crippen LogP contribution >= 0.6 is 39.7 Å². The molecule has 0 saturated carbocycles. The van der Waals surface area contributed by atoms with Gasteiger partial charge in [-0.15, -0.1) is 6.42 Å². The minimum absolute atomic E-state index is 0.0606. The van der Waals surface area contributed by atoms with Crippen LogP contribution in [-0.4, -0.2) is 49.3 Å². The molecule has 0 N–H and O–H groups in total. The number of rotatable bonds is 7. The van der Waals surface area contributed by atoms with Crippen molar-refractivity contribution < 1.29 is 23.8 Å². The first-order valence-electron chi connectivity index (χ1n) is 9.44. The molecule has 170 valence electrons. The Morgan fingerprint density at radius 2 is 1.97 bits per heavy atom. The van der Waals surface area contributed by atoms with Crippen LogP contribution in [0.3, 0.4) is 0 Å². The van der Waals surface area contributed by atoms with E-state index in [0.29, 0.717) is 32.2 Å². The summed E-state index contributed by atoms with van der Waals surface area (Å²) >= 11 is 15.0. The number of anilines is 1. The average Bonchev–Trinajstić information content (AvgIpc) is 3.02. The van der Waals surface area contributed by atoms with Gasteiger partial charge in [-0.3, -0.25) is 14.5 Å². The molecule has 1 amide bonds. The van der Waals surface area contributed by atoms with Crippen molar-refractivity contribution in [1.29, 1.82) is 0 Å². The molecule has 1 aliphatic rings. The van der Waals surface area contributed by atoms with Crippen LogP contribution in [0.2, 0.25) is 5.02 Å². The van der Waals surface area contributed by atoms with E-state index in [1.165, 1.54) is 24.0 Å². The van der Waals surface area contributed by atoms with E-state index in [0.717, 1.165) is 0 Å². The molecular formula is C23H18BrClN2O5S. The minimum atomic E-state index is -0.550. The largest absolute Gasteiger partial charge is 0.493 e. The highest BCUT2D eigenvalue weighted by Gasteiger charge is 2.40. The van der Waals surface area contributed by atoms with Gasteiger partial charge in [0.15, 0.2) is 16.6 Å². The predicted molar refractivity (Wildman–Crippen MR) is 133 cm³/mol. The summed E-state index contributed by atoms with van der Waals surface area (Å²) in [6.07, 6.45) is 6.88. The number of terminal acetylenes is 1. The van der Waals surface area contributed by atoms with Crippen LogP contribution < -0.4 is 14.4 Å². The Morgan fingerprint density at radius 3 is 2.58 bits per heavy atom. The van der Waals surface area contributed by atoms with Crippen LogP contribution in [0, 0.1) is 12.3 Å². The standard InChI is InChI=1S/C23H18BrClN2O5S/c1-4-9-32-21-17(24)10-14(12-19(21)30-2)11-18-22(29)27(16-7-5-15(25)6-8-16)23(33)26(18)13-20(28)31-3/h1,5-8,10-12H,9,13H2,2-3H3/b18-11-. The van der Waals surface area contributed by atoms with E-state index in [9.17, 15) is 9.59 Å². The third-order valence-electron chi connectivity index (χ3n) is 4.59. The fourth-order valence-corrected chi connectivity index (χ4v) is 4.13. The minimum Gasteiger partial charge on any atom is -0.493 e. The highest BCUT2D eigenvalue weighted by Crippen LogP contribution is 2.38. The lowest BCUT2D eigenvalue weighted by molar-refractivity contribution is -0.140. The molecule has 0 aromatic heterocycles. The van der Waals surface area contributed by atoms with Crippen LogP contribution in [0.4, 0.5) is 5.69 Å². The molecule has 2 aromatic carbocycles. The number of hydrogen-bond donors (Lipinski definition) is 0. The monoisotopic (exact) mass is 548 g/mol. The van der Waals surface area contributed by atoms with Crippen LogP contribution in [-0.2, 0) is 14.3 Å². The maximum absolute atomic E-state index is 13.4. The Balaban J connectivity index is 2.07. The molecule has 0 radical (unpaired) electrons. The summed E-state index contributed by atoms with van der Waals surface area (Å²) in [4.78, 5) is 28.2. The molecule has 7 nitrogen and oxygen atoms in total.